The second-order valence-corrected chi connectivity index (χ2v) is 6.92. The van der Waals surface area contributed by atoms with Crippen LogP contribution in [0, 0.1) is 6.92 Å². The van der Waals surface area contributed by atoms with E-state index in [9.17, 15) is 0 Å². The zero-order chi connectivity index (χ0) is 18.6. The first-order valence-corrected chi connectivity index (χ1v) is 9.35. The lowest BCUT2D eigenvalue weighted by Crippen LogP contribution is -2.12. The van der Waals surface area contributed by atoms with Crippen molar-refractivity contribution >= 4 is 16.9 Å². The van der Waals surface area contributed by atoms with Crippen LogP contribution in [0.5, 0.6) is 0 Å². The van der Waals surface area contributed by atoms with Crippen molar-refractivity contribution in [3.63, 3.8) is 0 Å². The number of imidazole rings is 1. The van der Waals surface area contributed by atoms with E-state index in [1.54, 1.807) is 7.11 Å². The number of anilines is 1. The lowest BCUT2D eigenvalue weighted by atomic mass is 10.0. The van der Waals surface area contributed by atoms with Gasteiger partial charge in [-0.15, -0.1) is 0 Å². The van der Waals surface area contributed by atoms with E-state index < -0.39 is 0 Å². The van der Waals surface area contributed by atoms with Gasteiger partial charge in [-0.3, -0.25) is 0 Å². The molecule has 0 unspecified atom stereocenters. The Balaban J connectivity index is 1.45. The maximum atomic E-state index is 5.50. The van der Waals surface area contributed by atoms with E-state index in [4.69, 9.17) is 14.5 Å². The molecule has 1 saturated heterocycles. The van der Waals surface area contributed by atoms with E-state index in [0.29, 0.717) is 18.3 Å². The summed E-state index contributed by atoms with van der Waals surface area (Å²) in [5.74, 6) is 2.83. The largest absolute Gasteiger partial charge is 0.381 e. The summed E-state index contributed by atoms with van der Waals surface area (Å²) in [4.78, 5) is 17.3. The molecule has 1 aliphatic heterocycles. The Morgan fingerprint density at radius 2 is 2.22 bits per heavy atom. The van der Waals surface area contributed by atoms with E-state index in [1.165, 1.54) is 5.56 Å². The molecule has 0 amide bonds. The van der Waals surface area contributed by atoms with Crippen LogP contribution in [0.3, 0.4) is 0 Å². The molecule has 1 atom stereocenters. The maximum Gasteiger partial charge on any atom is 0.156 e. The summed E-state index contributed by atoms with van der Waals surface area (Å²) in [6, 6.07) is 8.22. The summed E-state index contributed by atoms with van der Waals surface area (Å²) in [6.45, 7) is 4.74. The van der Waals surface area contributed by atoms with Gasteiger partial charge in [-0.2, -0.15) is 0 Å². The Hall–Kier alpha value is -2.51. The fraction of sp³-hybridized carbons (Fsp3) is 0.450. The van der Waals surface area contributed by atoms with Crippen LogP contribution >= 0.6 is 0 Å². The number of rotatable bonds is 7. The van der Waals surface area contributed by atoms with Crippen molar-refractivity contribution in [2.24, 2.45) is 0 Å². The predicted octanol–water partition coefficient (Wildman–Crippen LogP) is 2.97. The molecular weight excluding hydrogens is 342 g/mol. The van der Waals surface area contributed by atoms with Crippen LogP contribution in [0.4, 0.5) is 5.82 Å². The van der Waals surface area contributed by atoms with Gasteiger partial charge in [0.1, 0.15) is 18.2 Å². The number of methoxy groups -OCH3 is 1. The molecule has 7 heteroatoms. The molecule has 0 bridgehead atoms. The van der Waals surface area contributed by atoms with Crippen LogP contribution < -0.4 is 5.32 Å². The molecule has 0 spiro atoms. The fourth-order valence-electron chi connectivity index (χ4n) is 3.43. The highest BCUT2D eigenvalue weighted by molar-refractivity contribution is 5.78. The number of aryl methyl sites for hydroxylation is 1. The lowest BCUT2D eigenvalue weighted by molar-refractivity contribution is 0.177. The number of benzene rings is 1. The summed E-state index contributed by atoms with van der Waals surface area (Å²) in [7, 11) is 1.66. The molecule has 142 valence electrons. The number of nitrogens with one attached hydrogen (secondary N) is 2. The van der Waals surface area contributed by atoms with Crippen LogP contribution in [0.2, 0.25) is 0 Å². The molecule has 1 fully saturated rings. The van der Waals surface area contributed by atoms with E-state index in [-0.39, 0.29) is 0 Å². The normalized spacial score (nSPS) is 16.9. The highest BCUT2D eigenvalue weighted by Gasteiger charge is 2.20. The molecule has 3 heterocycles. The van der Waals surface area contributed by atoms with Gasteiger partial charge in [0.05, 0.1) is 23.3 Å². The number of aromatic nitrogens is 4. The second-order valence-electron chi connectivity index (χ2n) is 6.92. The highest BCUT2D eigenvalue weighted by Crippen LogP contribution is 2.25. The molecule has 2 aromatic heterocycles. The lowest BCUT2D eigenvalue weighted by Gasteiger charge is -2.12. The Labute approximate surface area is 158 Å². The monoisotopic (exact) mass is 367 g/mol. The van der Waals surface area contributed by atoms with E-state index >= 15 is 0 Å². The summed E-state index contributed by atoms with van der Waals surface area (Å²) in [5.41, 5.74) is 4.33. The summed E-state index contributed by atoms with van der Waals surface area (Å²) in [5, 5.41) is 3.41. The molecule has 7 nitrogen and oxygen atoms in total. The minimum atomic E-state index is 0.336. The quantitative estimate of drug-likeness (QED) is 0.668. The second kappa shape index (κ2) is 8.02. The highest BCUT2D eigenvalue weighted by atomic mass is 16.5. The first-order valence-electron chi connectivity index (χ1n) is 9.35. The third-order valence-electron chi connectivity index (χ3n) is 4.85. The molecule has 27 heavy (non-hydrogen) atoms. The number of hydrogen-bond acceptors (Lipinski definition) is 6. The van der Waals surface area contributed by atoms with Crippen molar-refractivity contribution < 1.29 is 9.47 Å². The Bertz CT molecular complexity index is 918. The number of ether oxygens (including phenoxy) is 2. The Morgan fingerprint density at radius 1 is 1.30 bits per heavy atom. The maximum absolute atomic E-state index is 5.50. The average molecular weight is 367 g/mol. The van der Waals surface area contributed by atoms with Crippen molar-refractivity contribution in [1.29, 1.82) is 0 Å². The van der Waals surface area contributed by atoms with Crippen molar-refractivity contribution in [2.45, 2.75) is 32.3 Å². The molecule has 1 aliphatic rings. The van der Waals surface area contributed by atoms with Gasteiger partial charge in [0, 0.05) is 38.7 Å². The Kier molecular flexibility index (Phi) is 5.31. The zero-order valence-corrected chi connectivity index (χ0v) is 15.8. The van der Waals surface area contributed by atoms with Crippen LogP contribution in [-0.4, -0.2) is 46.8 Å². The molecular formula is C20H25N5O2. The van der Waals surface area contributed by atoms with E-state index in [2.05, 4.69) is 39.3 Å². The van der Waals surface area contributed by atoms with E-state index in [1.807, 2.05) is 12.1 Å². The van der Waals surface area contributed by atoms with Crippen LogP contribution in [0.25, 0.3) is 11.0 Å². The number of H-pyrrole nitrogens is 1. The number of aromatic amines is 1. The van der Waals surface area contributed by atoms with Gasteiger partial charge in [-0.25, -0.2) is 15.0 Å². The van der Waals surface area contributed by atoms with Gasteiger partial charge >= 0.3 is 0 Å². The molecule has 2 N–H and O–H groups in total. The molecule has 0 radical (unpaired) electrons. The molecule has 1 aromatic carbocycles. The fourth-order valence-corrected chi connectivity index (χ4v) is 3.43. The molecule has 0 saturated carbocycles. The Morgan fingerprint density at radius 3 is 3.00 bits per heavy atom. The first kappa shape index (κ1) is 17.9. The van der Waals surface area contributed by atoms with Crippen molar-refractivity contribution in [3.8, 4) is 0 Å². The van der Waals surface area contributed by atoms with Gasteiger partial charge in [0.2, 0.25) is 0 Å². The third-order valence-corrected chi connectivity index (χ3v) is 4.85. The van der Waals surface area contributed by atoms with Crippen LogP contribution in [-0.2, 0) is 22.5 Å². The summed E-state index contributed by atoms with van der Waals surface area (Å²) < 4.78 is 10.7. The van der Waals surface area contributed by atoms with Gasteiger partial charge < -0.3 is 19.8 Å². The molecule has 3 aromatic rings. The minimum Gasteiger partial charge on any atom is -0.381 e. The predicted molar refractivity (Wildman–Crippen MR) is 104 cm³/mol. The van der Waals surface area contributed by atoms with Crippen LogP contribution in [0.15, 0.2) is 24.3 Å². The zero-order valence-electron chi connectivity index (χ0n) is 15.8. The van der Waals surface area contributed by atoms with Gasteiger partial charge in [-0.1, -0.05) is 12.1 Å². The SMILES string of the molecule is COCc1nc(NCCc2nc3c(C)cccc3[nH]2)cc([C@@H]2CCOC2)n1. The standard InChI is InChI=1S/C20H25N5O2/c1-13-4-3-5-15-20(13)25-17(22-15)6-8-21-18-10-16(14-7-9-27-11-14)23-19(24-18)12-26-2/h3-5,10,14H,6-9,11-12H2,1-2H3,(H,22,25)(H,21,23,24)/t14-/m1/s1. The number of hydrogen-bond donors (Lipinski definition) is 2. The van der Waals surface area contributed by atoms with E-state index in [0.717, 1.165) is 61.0 Å². The third kappa shape index (κ3) is 4.09. The molecule has 0 aliphatic carbocycles. The van der Waals surface area contributed by atoms with Crippen molar-refractivity contribution in [3.05, 3.63) is 47.2 Å². The number of fused-ring (bicyclic) bond motifs is 1. The summed E-state index contributed by atoms with van der Waals surface area (Å²) >= 11 is 0. The summed E-state index contributed by atoms with van der Waals surface area (Å²) in [6.07, 6.45) is 1.79. The minimum absolute atomic E-state index is 0.336. The average Bonchev–Trinajstić information content (AvgIpc) is 3.32. The van der Waals surface area contributed by atoms with Gasteiger partial charge in [0.15, 0.2) is 5.82 Å². The number of para-hydroxylation sites is 1. The topological polar surface area (TPSA) is 85.0 Å². The first-order chi connectivity index (χ1) is 13.2. The van der Waals surface area contributed by atoms with Crippen molar-refractivity contribution in [2.75, 3.05) is 32.2 Å². The van der Waals surface area contributed by atoms with Crippen molar-refractivity contribution in [1.82, 2.24) is 19.9 Å². The number of nitrogens with zero attached hydrogens (tertiary/aromatic N) is 3. The smallest absolute Gasteiger partial charge is 0.156 e. The van der Waals surface area contributed by atoms with Crippen LogP contribution in [0.1, 0.15) is 35.2 Å². The molecule has 4 rings (SSSR count). The van der Waals surface area contributed by atoms with Gasteiger partial charge in [-0.05, 0) is 25.0 Å². The van der Waals surface area contributed by atoms with Gasteiger partial charge in [0.25, 0.3) is 0 Å².